The second-order valence-corrected chi connectivity index (χ2v) is 5.67. The molecule has 1 aromatic heterocycles. The molecule has 0 radical (unpaired) electrons. The summed E-state index contributed by atoms with van der Waals surface area (Å²) in [4.78, 5) is 22.7. The molecule has 1 unspecified atom stereocenters. The van der Waals surface area contributed by atoms with E-state index in [1.165, 1.54) is 10.9 Å². The fourth-order valence-electron chi connectivity index (χ4n) is 1.54. The average Bonchev–Trinajstić information content (AvgIpc) is 2.55. The van der Waals surface area contributed by atoms with Crippen molar-refractivity contribution in [3.63, 3.8) is 0 Å². The first kappa shape index (κ1) is 16.3. The van der Waals surface area contributed by atoms with Crippen LogP contribution in [-0.2, 0) is 16.6 Å². The van der Waals surface area contributed by atoms with E-state index in [0.29, 0.717) is 5.56 Å². The van der Waals surface area contributed by atoms with Crippen LogP contribution in [0.5, 0.6) is 0 Å². The zero-order valence-corrected chi connectivity index (χ0v) is 12.6. The van der Waals surface area contributed by atoms with Crippen LogP contribution in [0.4, 0.5) is 4.79 Å². The highest BCUT2D eigenvalue weighted by Gasteiger charge is 2.25. The summed E-state index contributed by atoms with van der Waals surface area (Å²) in [5.74, 6) is -1.06. The number of carbonyl (C=O) groups excluding carboxylic acids is 1. The summed E-state index contributed by atoms with van der Waals surface area (Å²) >= 11 is 6.02. The van der Waals surface area contributed by atoms with Gasteiger partial charge in [0.15, 0.2) is 0 Å². The zero-order valence-electron chi connectivity index (χ0n) is 11.8. The second kappa shape index (κ2) is 6.13. The molecule has 0 aliphatic carbocycles. The molecule has 1 rings (SSSR count). The first-order valence-corrected chi connectivity index (χ1v) is 6.36. The maximum Gasteiger partial charge on any atom is 0.408 e. The first-order chi connectivity index (χ1) is 9.10. The van der Waals surface area contributed by atoms with Crippen LogP contribution in [0, 0.1) is 0 Å². The highest BCUT2D eigenvalue weighted by Crippen LogP contribution is 2.25. The van der Waals surface area contributed by atoms with Crippen molar-refractivity contribution in [1.29, 1.82) is 0 Å². The Balaban J connectivity index is 2.88. The van der Waals surface area contributed by atoms with Gasteiger partial charge in [0, 0.05) is 12.6 Å². The molecule has 20 heavy (non-hydrogen) atoms. The molecule has 0 saturated heterocycles. The van der Waals surface area contributed by atoms with Crippen molar-refractivity contribution in [1.82, 2.24) is 15.1 Å². The minimum Gasteiger partial charge on any atom is -0.481 e. The largest absolute Gasteiger partial charge is 0.481 e. The third-order valence-corrected chi connectivity index (χ3v) is 2.80. The summed E-state index contributed by atoms with van der Waals surface area (Å²) in [6.45, 7) is 5.15. The number of hydrogen-bond donors (Lipinski definition) is 2. The van der Waals surface area contributed by atoms with Gasteiger partial charge in [0.2, 0.25) is 0 Å². The van der Waals surface area contributed by atoms with E-state index in [1.807, 2.05) is 0 Å². The standard InChI is InChI=1S/C12H18ClN3O4/c1-12(2,3)20-11(19)15-8(5-9(17)18)7-6-14-16(4)10(7)13/h6,8H,5H2,1-4H3,(H,15,19)(H,17,18). The third kappa shape index (κ3) is 4.73. The molecule has 0 aliphatic heterocycles. The van der Waals surface area contributed by atoms with Gasteiger partial charge in [-0.25, -0.2) is 4.79 Å². The number of carboxylic acids is 1. The molecule has 0 aromatic carbocycles. The number of aryl methyl sites for hydroxylation is 1. The van der Waals surface area contributed by atoms with E-state index >= 15 is 0 Å². The summed E-state index contributed by atoms with van der Waals surface area (Å²) in [5, 5.41) is 15.6. The molecule has 0 aliphatic rings. The molecule has 0 spiro atoms. The smallest absolute Gasteiger partial charge is 0.408 e. The summed E-state index contributed by atoms with van der Waals surface area (Å²) in [7, 11) is 1.62. The Morgan fingerprint density at radius 3 is 2.55 bits per heavy atom. The molecule has 0 bridgehead atoms. The molecule has 1 aromatic rings. The predicted molar refractivity (Wildman–Crippen MR) is 72.6 cm³/mol. The number of nitrogens with zero attached hydrogens (tertiary/aromatic N) is 2. The Labute approximate surface area is 121 Å². The van der Waals surface area contributed by atoms with Crippen molar-refractivity contribution in [3.05, 3.63) is 16.9 Å². The fraction of sp³-hybridized carbons (Fsp3) is 0.583. The van der Waals surface area contributed by atoms with Crippen LogP contribution in [0.25, 0.3) is 0 Å². The number of hydrogen-bond acceptors (Lipinski definition) is 4. The van der Waals surface area contributed by atoms with Gasteiger partial charge in [-0.15, -0.1) is 0 Å². The van der Waals surface area contributed by atoms with Crippen LogP contribution < -0.4 is 5.32 Å². The number of carboxylic acid groups (broad SMARTS) is 1. The number of ether oxygens (including phenoxy) is 1. The number of nitrogens with one attached hydrogen (secondary N) is 1. The molecule has 7 nitrogen and oxygen atoms in total. The van der Waals surface area contributed by atoms with Gasteiger partial charge in [-0.3, -0.25) is 9.48 Å². The lowest BCUT2D eigenvalue weighted by atomic mass is 10.1. The van der Waals surface area contributed by atoms with Crippen LogP contribution in [0.2, 0.25) is 5.15 Å². The van der Waals surface area contributed by atoms with Crippen molar-refractivity contribution in [2.24, 2.45) is 7.05 Å². The van der Waals surface area contributed by atoms with Crippen LogP contribution in [0.15, 0.2) is 6.20 Å². The maximum absolute atomic E-state index is 11.7. The zero-order chi connectivity index (χ0) is 15.5. The maximum atomic E-state index is 11.7. The normalized spacial score (nSPS) is 12.8. The van der Waals surface area contributed by atoms with Crippen molar-refractivity contribution < 1.29 is 19.4 Å². The summed E-state index contributed by atoms with van der Waals surface area (Å²) in [6, 6.07) is -0.802. The first-order valence-electron chi connectivity index (χ1n) is 5.99. The van der Waals surface area contributed by atoms with Gasteiger partial charge in [-0.2, -0.15) is 5.10 Å². The quantitative estimate of drug-likeness (QED) is 0.888. The lowest BCUT2D eigenvalue weighted by Crippen LogP contribution is -2.35. The number of rotatable bonds is 4. The molecule has 2 N–H and O–H groups in total. The minimum absolute atomic E-state index is 0.271. The summed E-state index contributed by atoms with van der Waals surface area (Å²) < 4.78 is 6.50. The SMILES string of the molecule is Cn1ncc(C(CC(=O)O)NC(=O)OC(C)(C)C)c1Cl. The third-order valence-electron chi connectivity index (χ3n) is 2.34. The highest BCUT2D eigenvalue weighted by molar-refractivity contribution is 6.30. The van der Waals surface area contributed by atoms with E-state index in [4.69, 9.17) is 21.4 Å². The summed E-state index contributed by atoms with van der Waals surface area (Å²) in [5.41, 5.74) is -0.237. The van der Waals surface area contributed by atoms with E-state index in [-0.39, 0.29) is 11.6 Å². The summed E-state index contributed by atoms with van der Waals surface area (Å²) in [6.07, 6.45) is 0.404. The van der Waals surface area contributed by atoms with Gasteiger partial charge in [0.25, 0.3) is 0 Å². The van der Waals surface area contributed by atoms with Crippen molar-refractivity contribution in [3.8, 4) is 0 Å². The number of halogens is 1. The van der Waals surface area contributed by atoms with E-state index in [9.17, 15) is 9.59 Å². The number of aliphatic carboxylic acids is 1. The Hall–Kier alpha value is -1.76. The molecular formula is C12H18ClN3O4. The van der Waals surface area contributed by atoms with E-state index in [2.05, 4.69) is 10.4 Å². The highest BCUT2D eigenvalue weighted by atomic mass is 35.5. The average molecular weight is 304 g/mol. The Bertz CT molecular complexity index is 507. The Morgan fingerprint density at radius 1 is 1.55 bits per heavy atom. The topological polar surface area (TPSA) is 93.5 Å². The van der Waals surface area contributed by atoms with Crippen LogP contribution in [-0.4, -0.2) is 32.6 Å². The van der Waals surface area contributed by atoms with Crippen molar-refractivity contribution >= 4 is 23.7 Å². The molecule has 8 heteroatoms. The number of aromatic nitrogens is 2. The van der Waals surface area contributed by atoms with Gasteiger partial charge in [-0.1, -0.05) is 11.6 Å². The number of carbonyl (C=O) groups is 2. The van der Waals surface area contributed by atoms with Crippen LogP contribution in [0.1, 0.15) is 38.8 Å². The predicted octanol–water partition coefficient (Wildman–Crippen LogP) is 2.11. The Kier molecular flexibility index (Phi) is 4.99. The lowest BCUT2D eigenvalue weighted by Gasteiger charge is -2.22. The van der Waals surface area contributed by atoms with Gasteiger partial charge < -0.3 is 15.2 Å². The molecule has 1 amide bonds. The van der Waals surface area contributed by atoms with Crippen molar-refractivity contribution in [2.45, 2.75) is 38.8 Å². The van der Waals surface area contributed by atoms with Gasteiger partial charge in [-0.05, 0) is 20.8 Å². The second-order valence-electron chi connectivity index (χ2n) is 5.31. The molecule has 0 saturated carbocycles. The fourth-order valence-corrected chi connectivity index (χ4v) is 1.76. The monoisotopic (exact) mass is 303 g/mol. The molecule has 1 heterocycles. The minimum atomic E-state index is -1.06. The lowest BCUT2D eigenvalue weighted by molar-refractivity contribution is -0.137. The molecule has 0 fully saturated rings. The van der Waals surface area contributed by atoms with Crippen LogP contribution in [0.3, 0.4) is 0 Å². The van der Waals surface area contributed by atoms with Gasteiger partial charge >= 0.3 is 12.1 Å². The van der Waals surface area contributed by atoms with E-state index < -0.39 is 23.7 Å². The number of amides is 1. The number of alkyl carbamates (subject to hydrolysis) is 1. The van der Waals surface area contributed by atoms with E-state index in [1.54, 1.807) is 27.8 Å². The Morgan fingerprint density at radius 2 is 2.15 bits per heavy atom. The molecule has 1 atom stereocenters. The van der Waals surface area contributed by atoms with E-state index in [0.717, 1.165) is 0 Å². The van der Waals surface area contributed by atoms with Crippen LogP contribution >= 0.6 is 11.6 Å². The molecular weight excluding hydrogens is 286 g/mol. The van der Waals surface area contributed by atoms with Gasteiger partial charge in [0.05, 0.1) is 18.7 Å². The van der Waals surface area contributed by atoms with Crippen molar-refractivity contribution in [2.75, 3.05) is 0 Å². The molecule has 112 valence electrons. The van der Waals surface area contributed by atoms with Gasteiger partial charge in [0.1, 0.15) is 10.8 Å².